The van der Waals surface area contributed by atoms with Gasteiger partial charge in [0.25, 0.3) is 0 Å². The van der Waals surface area contributed by atoms with Crippen molar-refractivity contribution in [1.82, 2.24) is 4.72 Å². The summed E-state index contributed by atoms with van der Waals surface area (Å²) >= 11 is 0. The van der Waals surface area contributed by atoms with Crippen LogP contribution in [0.2, 0.25) is 0 Å². The highest BCUT2D eigenvalue weighted by atomic mass is 32.2. The maximum atomic E-state index is 12.8. The number of ether oxygens (including phenoxy) is 3. The second kappa shape index (κ2) is 8.41. The first kappa shape index (κ1) is 20.7. The predicted octanol–water partition coefficient (Wildman–Crippen LogP) is 2.84. The van der Waals surface area contributed by atoms with Crippen LogP contribution in [0, 0.1) is 6.92 Å². The van der Waals surface area contributed by atoms with E-state index in [4.69, 9.17) is 14.2 Å². The third-order valence-corrected chi connectivity index (χ3v) is 5.70. The van der Waals surface area contributed by atoms with Crippen molar-refractivity contribution in [2.45, 2.75) is 24.8 Å². The molecule has 1 atom stereocenters. The van der Waals surface area contributed by atoms with E-state index in [0.29, 0.717) is 22.6 Å². The molecule has 0 spiro atoms. The molecule has 0 radical (unpaired) electrons. The summed E-state index contributed by atoms with van der Waals surface area (Å²) in [6.07, 6.45) is 0. The molecule has 0 unspecified atom stereocenters. The summed E-state index contributed by atoms with van der Waals surface area (Å²) in [6, 6.07) is 8.87. The van der Waals surface area contributed by atoms with Gasteiger partial charge in [-0.2, -0.15) is 0 Å². The Labute approximate surface area is 159 Å². The maximum absolute atomic E-state index is 12.8. The largest absolute Gasteiger partial charge is 0.497 e. The summed E-state index contributed by atoms with van der Waals surface area (Å²) < 4.78 is 43.4. The molecular formula is C19H23NO6S. The summed E-state index contributed by atoms with van der Waals surface area (Å²) in [5.74, 6) is 0.525. The average molecular weight is 393 g/mol. The van der Waals surface area contributed by atoms with E-state index < -0.39 is 22.0 Å². The van der Waals surface area contributed by atoms with E-state index >= 15 is 0 Å². The molecule has 2 aromatic carbocycles. The van der Waals surface area contributed by atoms with Crippen LogP contribution < -0.4 is 14.2 Å². The van der Waals surface area contributed by atoms with Crippen LogP contribution >= 0.6 is 0 Å². The van der Waals surface area contributed by atoms with Gasteiger partial charge in [-0.15, -0.1) is 0 Å². The van der Waals surface area contributed by atoms with Gasteiger partial charge in [-0.25, -0.2) is 17.9 Å². The SMILES string of the molecule is COC(=O)c1cc(S(=O)(=O)N[C@H](C)c2cc(OC)ccc2OC)ccc1C. The van der Waals surface area contributed by atoms with Crippen molar-refractivity contribution < 1.29 is 27.4 Å². The molecule has 0 aliphatic heterocycles. The lowest BCUT2D eigenvalue weighted by atomic mass is 10.1. The fourth-order valence-corrected chi connectivity index (χ4v) is 3.89. The van der Waals surface area contributed by atoms with Gasteiger partial charge in [0, 0.05) is 11.6 Å². The highest BCUT2D eigenvalue weighted by Crippen LogP contribution is 2.30. The van der Waals surface area contributed by atoms with Crippen LogP contribution in [0.3, 0.4) is 0 Å². The van der Waals surface area contributed by atoms with E-state index in [-0.39, 0.29) is 10.5 Å². The Morgan fingerprint density at radius 1 is 1.04 bits per heavy atom. The lowest BCUT2D eigenvalue weighted by Gasteiger charge is -2.18. The first-order valence-electron chi connectivity index (χ1n) is 8.16. The lowest BCUT2D eigenvalue weighted by Crippen LogP contribution is -2.27. The number of rotatable bonds is 7. The summed E-state index contributed by atoms with van der Waals surface area (Å²) in [6.45, 7) is 3.41. The van der Waals surface area contributed by atoms with Gasteiger partial charge in [0.15, 0.2) is 0 Å². The number of benzene rings is 2. The zero-order chi connectivity index (χ0) is 20.2. The predicted molar refractivity (Wildman–Crippen MR) is 101 cm³/mol. The van der Waals surface area contributed by atoms with Crippen molar-refractivity contribution >= 4 is 16.0 Å². The first-order valence-corrected chi connectivity index (χ1v) is 9.65. The number of aryl methyl sites for hydroxylation is 1. The van der Waals surface area contributed by atoms with E-state index in [0.717, 1.165) is 0 Å². The zero-order valence-electron chi connectivity index (χ0n) is 15.9. The van der Waals surface area contributed by atoms with Crippen LogP contribution in [-0.2, 0) is 14.8 Å². The first-order chi connectivity index (χ1) is 12.7. The molecule has 0 bridgehead atoms. The normalized spacial score (nSPS) is 12.3. The average Bonchev–Trinajstić information content (AvgIpc) is 2.66. The number of hydrogen-bond acceptors (Lipinski definition) is 6. The van der Waals surface area contributed by atoms with Gasteiger partial charge in [-0.1, -0.05) is 6.07 Å². The topological polar surface area (TPSA) is 90.9 Å². The molecule has 8 heteroatoms. The van der Waals surface area contributed by atoms with E-state index in [1.165, 1.54) is 33.5 Å². The molecule has 0 fully saturated rings. The Balaban J connectivity index is 2.38. The fraction of sp³-hybridized carbons (Fsp3) is 0.316. The Morgan fingerprint density at radius 2 is 1.74 bits per heavy atom. The van der Waals surface area contributed by atoms with Gasteiger partial charge in [-0.05, 0) is 49.7 Å². The smallest absolute Gasteiger partial charge is 0.338 e. The van der Waals surface area contributed by atoms with Crippen LogP contribution in [0.5, 0.6) is 11.5 Å². The zero-order valence-corrected chi connectivity index (χ0v) is 16.7. The highest BCUT2D eigenvalue weighted by Gasteiger charge is 2.23. The minimum absolute atomic E-state index is 0.0257. The minimum atomic E-state index is -3.89. The third kappa shape index (κ3) is 4.58. The molecule has 0 saturated heterocycles. The van der Waals surface area contributed by atoms with Gasteiger partial charge in [0.1, 0.15) is 11.5 Å². The summed E-state index contributed by atoms with van der Waals surface area (Å²) in [5.41, 5.74) is 1.45. The number of sulfonamides is 1. The van der Waals surface area contributed by atoms with Gasteiger partial charge in [0.2, 0.25) is 10.0 Å². The van der Waals surface area contributed by atoms with Crippen LogP contribution in [0.4, 0.5) is 0 Å². The third-order valence-electron chi connectivity index (χ3n) is 4.16. The van der Waals surface area contributed by atoms with Gasteiger partial charge < -0.3 is 14.2 Å². The highest BCUT2D eigenvalue weighted by molar-refractivity contribution is 7.89. The number of carbonyl (C=O) groups excluding carboxylic acids is 1. The molecule has 0 saturated carbocycles. The van der Waals surface area contributed by atoms with Crippen molar-refractivity contribution in [2.24, 2.45) is 0 Å². The summed E-state index contributed by atoms with van der Waals surface area (Å²) in [7, 11) is 0.399. The second-order valence-corrected chi connectivity index (χ2v) is 7.63. The molecule has 0 aromatic heterocycles. The molecule has 0 aliphatic carbocycles. The Kier molecular flexibility index (Phi) is 6.45. The Morgan fingerprint density at radius 3 is 2.33 bits per heavy atom. The molecule has 0 amide bonds. The maximum Gasteiger partial charge on any atom is 0.338 e. The molecule has 7 nitrogen and oxygen atoms in total. The van der Waals surface area contributed by atoms with E-state index in [1.54, 1.807) is 38.1 Å². The molecular weight excluding hydrogens is 370 g/mol. The van der Waals surface area contributed by atoms with Gasteiger partial charge in [0.05, 0.1) is 31.8 Å². The number of nitrogens with one attached hydrogen (secondary N) is 1. The van der Waals surface area contributed by atoms with Crippen molar-refractivity contribution in [3.8, 4) is 11.5 Å². The Bertz CT molecular complexity index is 939. The molecule has 27 heavy (non-hydrogen) atoms. The van der Waals surface area contributed by atoms with E-state index in [1.807, 2.05) is 0 Å². The number of carbonyl (C=O) groups is 1. The lowest BCUT2D eigenvalue weighted by molar-refractivity contribution is 0.0599. The molecule has 1 N–H and O–H groups in total. The van der Waals surface area contributed by atoms with Crippen molar-refractivity contribution in [2.75, 3.05) is 21.3 Å². The second-order valence-electron chi connectivity index (χ2n) is 5.92. The van der Waals surface area contributed by atoms with E-state index in [9.17, 15) is 13.2 Å². The number of esters is 1. The molecule has 0 aliphatic rings. The number of hydrogen-bond donors (Lipinski definition) is 1. The fourth-order valence-electron chi connectivity index (χ4n) is 2.64. The Hall–Kier alpha value is -2.58. The standard InChI is InChI=1S/C19H23NO6S/c1-12-6-8-15(11-16(12)19(21)26-5)27(22,23)20-13(2)17-10-14(24-3)7-9-18(17)25-4/h6-11,13,20H,1-5H3/t13-/m1/s1. The minimum Gasteiger partial charge on any atom is -0.497 e. The molecule has 2 rings (SSSR count). The van der Waals surface area contributed by atoms with Gasteiger partial charge in [-0.3, -0.25) is 0 Å². The monoisotopic (exact) mass is 393 g/mol. The van der Waals surface area contributed by atoms with E-state index in [2.05, 4.69) is 4.72 Å². The van der Waals surface area contributed by atoms with Crippen LogP contribution in [-0.4, -0.2) is 35.7 Å². The van der Waals surface area contributed by atoms with Crippen molar-refractivity contribution in [3.63, 3.8) is 0 Å². The van der Waals surface area contributed by atoms with Crippen LogP contribution in [0.15, 0.2) is 41.3 Å². The molecule has 0 heterocycles. The summed E-state index contributed by atoms with van der Waals surface area (Å²) in [5, 5.41) is 0. The van der Waals surface area contributed by atoms with Crippen molar-refractivity contribution in [1.29, 1.82) is 0 Å². The van der Waals surface area contributed by atoms with Crippen molar-refractivity contribution in [3.05, 3.63) is 53.1 Å². The number of methoxy groups -OCH3 is 3. The summed E-state index contributed by atoms with van der Waals surface area (Å²) in [4.78, 5) is 11.8. The van der Waals surface area contributed by atoms with Gasteiger partial charge >= 0.3 is 5.97 Å². The van der Waals surface area contributed by atoms with Crippen LogP contribution in [0.1, 0.15) is 34.5 Å². The quantitative estimate of drug-likeness (QED) is 0.728. The van der Waals surface area contributed by atoms with Crippen LogP contribution in [0.25, 0.3) is 0 Å². The molecule has 2 aromatic rings. The molecule has 146 valence electrons.